The van der Waals surface area contributed by atoms with Crippen molar-refractivity contribution < 1.29 is 9.59 Å². The van der Waals surface area contributed by atoms with Crippen molar-refractivity contribution in [2.45, 2.75) is 62.4 Å². The molecule has 1 saturated carbocycles. The third-order valence-corrected chi connectivity index (χ3v) is 7.88. The number of carbonyl (C=O) groups excluding carboxylic acids is 2. The second-order valence-corrected chi connectivity index (χ2v) is 9.53. The second kappa shape index (κ2) is 8.54. The van der Waals surface area contributed by atoms with E-state index in [1.807, 2.05) is 18.2 Å². The molecule has 0 radical (unpaired) electrons. The lowest BCUT2D eigenvalue weighted by atomic mass is 9.68. The maximum Gasteiger partial charge on any atom is 0.225 e. The lowest BCUT2D eigenvalue weighted by Crippen LogP contribution is -2.54. The lowest BCUT2D eigenvalue weighted by molar-refractivity contribution is -0.132. The van der Waals surface area contributed by atoms with E-state index in [2.05, 4.69) is 17.3 Å². The van der Waals surface area contributed by atoms with E-state index in [0.29, 0.717) is 34.9 Å². The Labute approximate surface area is 173 Å². The molecule has 2 bridgehead atoms. The fraction of sp³-hybridized carbons (Fsp3) is 0.652. The number of benzene rings is 1. The van der Waals surface area contributed by atoms with E-state index in [1.165, 1.54) is 6.42 Å². The summed E-state index contributed by atoms with van der Waals surface area (Å²) >= 11 is 6.33. The molecule has 1 aromatic rings. The highest BCUT2D eigenvalue weighted by molar-refractivity contribution is 6.20. The van der Waals surface area contributed by atoms with Gasteiger partial charge in [-0.25, -0.2) is 0 Å². The quantitative estimate of drug-likeness (QED) is 0.600. The first-order valence-corrected chi connectivity index (χ1v) is 11.2. The number of alkyl halides is 1. The van der Waals surface area contributed by atoms with Crippen molar-refractivity contribution in [3.63, 3.8) is 0 Å². The van der Waals surface area contributed by atoms with Crippen LogP contribution in [0.1, 0.15) is 55.3 Å². The van der Waals surface area contributed by atoms with Gasteiger partial charge in [-0.2, -0.15) is 0 Å². The average molecular weight is 403 g/mol. The summed E-state index contributed by atoms with van der Waals surface area (Å²) in [5.74, 6) is 1.04. The van der Waals surface area contributed by atoms with E-state index >= 15 is 0 Å². The van der Waals surface area contributed by atoms with Gasteiger partial charge in [0.15, 0.2) is 5.78 Å². The molecular formula is C23H31ClN2O2. The van der Waals surface area contributed by atoms with Gasteiger partial charge in [0.25, 0.3) is 0 Å². The summed E-state index contributed by atoms with van der Waals surface area (Å²) in [5.41, 5.74) is 0.654. The van der Waals surface area contributed by atoms with Gasteiger partial charge in [0.05, 0.1) is 12.5 Å². The fourth-order valence-electron chi connectivity index (χ4n) is 5.88. The number of ketones is 1. The highest BCUT2D eigenvalue weighted by Gasteiger charge is 2.50. The number of amides is 1. The Hall–Kier alpha value is -1.39. The molecule has 3 aliphatic rings. The van der Waals surface area contributed by atoms with Crippen molar-refractivity contribution in [3.05, 3.63) is 35.9 Å². The molecular weight excluding hydrogens is 372 g/mol. The number of halogens is 1. The molecule has 4 rings (SSSR count). The Morgan fingerprint density at radius 2 is 1.79 bits per heavy atom. The zero-order chi connectivity index (χ0) is 19.7. The molecule has 2 saturated heterocycles. The maximum absolute atomic E-state index is 13.3. The second-order valence-electron chi connectivity index (χ2n) is 8.91. The van der Waals surface area contributed by atoms with Crippen molar-refractivity contribution in [2.75, 3.05) is 13.6 Å². The molecule has 152 valence electrons. The van der Waals surface area contributed by atoms with Gasteiger partial charge < -0.3 is 5.32 Å². The molecule has 1 N–H and O–H groups in total. The number of fused-ring (bicyclic) bond motifs is 2. The van der Waals surface area contributed by atoms with Crippen LogP contribution >= 0.6 is 11.6 Å². The van der Waals surface area contributed by atoms with E-state index in [-0.39, 0.29) is 24.2 Å². The van der Waals surface area contributed by atoms with Crippen molar-refractivity contribution in [3.8, 4) is 0 Å². The largest absolute Gasteiger partial charge is 0.348 e. The SMILES string of the molecule is CN1C2CC[C@@H]1C[C@H](C1CCC(Cl)CC1)C2C(=O)NCC(=O)c1ccccc1. The van der Waals surface area contributed by atoms with Crippen LogP contribution in [0.25, 0.3) is 0 Å². The van der Waals surface area contributed by atoms with Crippen LogP contribution in [0.15, 0.2) is 30.3 Å². The van der Waals surface area contributed by atoms with Crippen LogP contribution in [-0.4, -0.2) is 47.6 Å². The van der Waals surface area contributed by atoms with Crippen molar-refractivity contribution >= 4 is 23.3 Å². The highest BCUT2D eigenvalue weighted by Crippen LogP contribution is 2.48. The summed E-state index contributed by atoms with van der Waals surface area (Å²) in [7, 11) is 2.17. The number of nitrogens with zero attached hydrogens (tertiary/aromatic N) is 1. The van der Waals surface area contributed by atoms with E-state index in [0.717, 1.165) is 38.5 Å². The predicted molar refractivity (Wildman–Crippen MR) is 112 cm³/mol. The molecule has 2 unspecified atom stereocenters. The van der Waals surface area contributed by atoms with Crippen LogP contribution < -0.4 is 5.32 Å². The molecule has 28 heavy (non-hydrogen) atoms. The molecule has 3 fully saturated rings. The van der Waals surface area contributed by atoms with Gasteiger partial charge in [0, 0.05) is 23.0 Å². The molecule has 4 atom stereocenters. The smallest absolute Gasteiger partial charge is 0.225 e. The number of hydrogen-bond acceptors (Lipinski definition) is 3. The van der Waals surface area contributed by atoms with Crippen LogP contribution in [0.3, 0.4) is 0 Å². The first-order chi connectivity index (χ1) is 13.5. The van der Waals surface area contributed by atoms with Crippen molar-refractivity contribution in [1.29, 1.82) is 0 Å². The number of rotatable bonds is 5. The van der Waals surface area contributed by atoms with Gasteiger partial charge in [-0.05, 0) is 63.8 Å². The molecule has 2 aliphatic heterocycles. The molecule has 0 aromatic heterocycles. The number of Topliss-reactive ketones (excluding diaryl/α,β-unsaturated/α-hetero) is 1. The molecule has 1 amide bonds. The Morgan fingerprint density at radius 1 is 1.07 bits per heavy atom. The molecule has 0 spiro atoms. The monoisotopic (exact) mass is 402 g/mol. The van der Waals surface area contributed by atoms with Gasteiger partial charge >= 0.3 is 0 Å². The summed E-state index contributed by atoms with van der Waals surface area (Å²) in [6.07, 6.45) is 7.78. The predicted octanol–water partition coefficient (Wildman–Crippen LogP) is 3.88. The lowest BCUT2D eigenvalue weighted by Gasteiger charge is -2.46. The Kier molecular flexibility index (Phi) is 6.07. The van der Waals surface area contributed by atoms with Gasteiger partial charge in [0.1, 0.15) is 0 Å². The third-order valence-electron chi connectivity index (χ3n) is 7.44. The zero-order valence-corrected chi connectivity index (χ0v) is 17.4. The third kappa shape index (κ3) is 3.99. The number of carbonyl (C=O) groups is 2. The molecule has 1 aliphatic carbocycles. The highest BCUT2D eigenvalue weighted by atomic mass is 35.5. The van der Waals surface area contributed by atoms with E-state index in [1.54, 1.807) is 12.1 Å². The maximum atomic E-state index is 13.3. The van der Waals surface area contributed by atoms with Crippen molar-refractivity contribution in [1.82, 2.24) is 10.2 Å². The summed E-state index contributed by atoms with van der Waals surface area (Å²) in [6, 6.07) is 10.1. The van der Waals surface area contributed by atoms with Crippen molar-refractivity contribution in [2.24, 2.45) is 17.8 Å². The minimum absolute atomic E-state index is 0.0100. The molecule has 1 aromatic carbocycles. The van der Waals surface area contributed by atoms with Crippen LogP contribution in [0.4, 0.5) is 0 Å². The summed E-state index contributed by atoms with van der Waals surface area (Å²) < 4.78 is 0. The summed E-state index contributed by atoms with van der Waals surface area (Å²) in [4.78, 5) is 28.1. The van der Waals surface area contributed by atoms with Crippen LogP contribution in [0.5, 0.6) is 0 Å². The Morgan fingerprint density at radius 3 is 2.50 bits per heavy atom. The number of nitrogens with one attached hydrogen (secondary N) is 1. The minimum Gasteiger partial charge on any atom is -0.348 e. The molecule has 4 nitrogen and oxygen atoms in total. The van der Waals surface area contributed by atoms with E-state index in [4.69, 9.17) is 11.6 Å². The summed E-state index contributed by atoms with van der Waals surface area (Å²) in [6.45, 7) is 0.0837. The zero-order valence-electron chi connectivity index (χ0n) is 16.6. The summed E-state index contributed by atoms with van der Waals surface area (Å²) in [5, 5.41) is 3.29. The first-order valence-electron chi connectivity index (χ1n) is 10.8. The van der Waals surface area contributed by atoms with Crippen LogP contribution in [0, 0.1) is 17.8 Å². The first kappa shape index (κ1) is 19.9. The topological polar surface area (TPSA) is 49.4 Å². The van der Waals surface area contributed by atoms with Gasteiger partial charge in [-0.3, -0.25) is 14.5 Å². The van der Waals surface area contributed by atoms with Crippen LogP contribution in [0.2, 0.25) is 0 Å². The minimum atomic E-state index is -0.0263. The van der Waals surface area contributed by atoms with Crippen LogP contribution in [-0.2, 0) is 4.79 Å². The van der Waals surface area contributed by atoms with Gasteiger partial charge in [-0.15, -0.1) is 11.6 Å². The average Bonchev–Trinajstić information content (AvgIpc) is 2.95. The molecule has 2 heterocycles. The van der Waals surface area contributed by atoms with E-state index < -0.39 is 0 Å². The number of hydrogen-bond donors (Lipinski definition) is 1. The Bertz CT molecular complexity index is 702. The molecule has 5 heteroatoms. The van der Waals surface area contributed by atoms with Gasteiger partial charge in [-0.1, -0.05) is 30.3 Å². The normalized spacial score (nSPS) is 35.5. The Balaban J connectivity index is 1.45. The van der Waals surface area contributed by atoms with Gasteiger partial charge in [0.2, 0.25) is 5.91 Å². The standard InChI is InChI=1S/C23H31ClN2O2/c1-26-18-11-12-20(26)22(19(13-18)15-7-9-17(24)10-8-15)23(28)25-14-21(27)16-5-3-2-4-6-16/h2-6,15,17-20,22H,7-14H2,1H3,(H,25,28)/t15?,17?,18-,19-,20?,22?/m1/s1. The number of piperidine rings is 1. The fourth-order valence-corrected chi connectivity index (χ4v) is 6.13. The van der Waals surface area contributed by atoms with E-state index in [9.17, 15) is 9.59 Å².